The van der Waals surface area contributed by atoms with E-state index in [0.29, 0.717) is 13.1 Å². The highest BCUT2D eigenvalue weighted by atomic mass is 16.1. The summed E-state index contributed by atoms with van der Waals surface area (Å²) in [6.45, 7) is 8.32. The molecule has 0 spiro atoms. The second-order valence-corrected chi connectivity index (χ2v) is 10.3. The minimum atomic E-state index is -0.0472. The predicted octanol–water partition coefficient (Wildman–Crippen LogP) is 5.57. The van der Waals surface area contributed by atoms with Gasteiger partial charge in [-0.2, -0.15) is 0 Å². The molecule has 0 aliphatic carbocycles. The first-order chi connectivity index (χ1) is 19.0. The van der Waals surface area contributed by atoms with E-state index in [1.54, 1.807) is 0 Å². The Bertz CT molecular complexity index is 1580. The van der Waals surface area contributed by atoms with Crippen molar-refractivity contribution in [3.05, 3.63) is 123 Å². The molecule has 5 rings (SSSR count). The van der Waals surface area contributed by atoms with Gasteiger partial charge in [-0.3, -0.25) is 9.69 Å². The van der Waals surface area contributed by atoms with Crippen LogP contribution in [0.15, 0.2) is 83.7 Å². The van der Waals surface area contributed by atoms with Crippen LogP contribution in [0.4, 0.5) is 0 Å². The number of nitrogens with zero attached hydrogens (tertiary/aromatic N) is 5. The first kappa shape index (κ1) is 26.5. The van der Waals surface area contributed by atoms with Crippen molar-refractivity contribution < 1.29 is 0 Å². The molecule has 7 nitrogen and oxygen atoms in total. The molecule has 0 amide bonds. The number of benzene rings is 3. The standard InChI is InChI=1S/C32H36N6O/c1-4-30(31-34-35-36-38(31)18-16-26-13-9-6-10-14-26)37(17-15-25-11-7-5-8-12-25)22-28-21-27-19-23(2)24(3)20-29(27)33-32(28)39/h5-14,19-21,30H,4,15-18,22H2,1-3H3,(H,33,39)/t30-/m1/s1. The molecule has 0 fully saturated rings. The summed E-state index contributed by atoms with van der Waals surface area (Å²) in [6.07, 6.45) is 2.54. The maximum Gasteiger partial charge on any atom is 0.252 e. The maximum atomic E-state index is 13.2. The van der Waals surface area contributed by atoms with Crippen LogP contribution in [0.3, 0.4) is 0 Å². The van der Waals surface area contributed by atoms with Crippen LogP contribution in [0.1, 0.15) is 53.0 Å². The second kappa shape index (κ2) is 12.2. The Kier molecular flexibility index (Phi) is 8.27. The van der Waals surface area contributed by atoms with Crippen LogP contribution in [0, 0.1) is 13.8 Å². The van der Waals surface area contributed by atoms with Gasteiger partial charge in [0.1, 0.15) is 0 Å². The number of aromatic amines is 1. The average molecular weight is 521 g/mol. The van der Waals surface area contributed by atoms with Crippen molar-refractivity contribution in [2.24, 2.45) is 0 Å². The minimum absolute atomic E-state index is 0.0330. The minimum Gasteiger partial charge on any atom is -0.322 e. The predicted molar refractivity (Wildman–Crippen MR) is 156 cm³/mol. The molecule has 5 aromatic rings. The van der Waals surface area contributed by atoms with Crippen molar-refractivity contribution in [2.75, 3.05) is 6.54 Å². The number of hydrogen-bond acceptors (Lipinski definition) is 5. The molecule has 1 atom stereocenters. The molecular weight excluding hydrogens is 484 g/mol. The van der Waals surface area contributed by atoms with Crippen LogP contribution < -0.4 is 5.56 Å². The highest BCUT2D eigenvalue weighted by Gasteiger charge is 2.25. The molecule has 7 heteroatoms. The third-order valence-electron chi connectivity index (χ3n) is 7.58. The Hall–Kier alpha value is -4.10. The van der Waals surface area contributed by atoms with Crippen LogP contribution in [0.2, 0.25) is 0 Å². The summed E-state index contributed by atoms with van der Waals surface area (Å²) in [4.78, 5) is 18.7. The Labute approximate surface area is 229 Å². The van der Waals surface area contributed by atoms with Crippen LogP contribution >= 0.6 is 0 Å². The lowest BCUT2D eigenvalue weighted by atomic mass is 10.0. The van der Waals surface area contributed by atoms with Gasteiger partial charge in [-0.15, -0.1) is 5.10 Å². The van der Waals surface area contributed by atoms with Crippen LogP contribution in [-0.2, 0) is 25.9 Å². The van der Waals surface area contributed by atoms with E-state index in [-0.39, 0.29) is 11.6 Å². The summed E-state index contributed by atoms with van der Waals surface area (Å²) in [5.41, 5.74) is 6.48. The van der Waals surface area contributed by atoms with E-state index in [1.165, 1.54) is 22.3 Å². The summed E-state index contributed by atoms with van der Waals surface area (Å²) in [5.74, 6) is 0.838. The fourth-order valence-electron chi connectivity index (χ4n) is 5.21. The van der Waals surface area contributed by atoms with Gasteiger partial charge in [-0.1, -0.05) is 67.6 Å². The summed E-state index contributed by atoms with van der Waals surface area (Å²) >= 11 is 0. The van der Waals surface area contributed by atoms with Crippen molar-refractivity contribution in [2.45, 2.75) is 59.2 Å². The second-order valence-electron chi connectivity index (χ2n) is 10.3. The van der Waals surface area contributed by atoms with E-state index in [2.05, 4.69) is 107 Å². The van der Waals surface area contributed by atoms with Crippen LogP contribution in [-0.4, -0.2) is 36.6 Å². The third kappa shape index (κ3) is 6.32. The molecule has 0 unspecified atom stereocenters. The molecule has 0 aliphatic heterocycles. The van der Waals surface area contributed by atoms with Crippen LogP contribution in [0.5, 0.6) is 0 Å². The molecule has 0 aliphatic rings. The van der Waals surface area contributed by atoms with E-state index in [1.807, 2.05) is 22.9 Å². The number of rotatable bonds is 11. The topological polar surface area (TPSA) is 79.7 Å². The summed E-state index contributed by atoms with van der Waals surface area (Å²) in [5, 5.41) is 13.9. The number of hydrogen-bond donors (Lipinski definition) is 1. The molecule has 2 heterocycles. The van der Waals surface area contributed by atoms with E-state index < -0.39 is 0 Å². The third-order valence-corrected chi connectivity index (χ3v) is 7.58. The van der Waals surface area contributed by atoms with Gasteiger partial charge in [0.15, 0.2) is 5.82 Å². The number of nitrogens with one attached hydrogen (secondary N) is 1. The monoisotopic (exact) mass is 520 g/mol. The van der Waals surface area contributed by atoms with Crippen molar-refractivity contribution in [3.63, 3.8) is 0 Å². The Morgan fingerprint density at radius 2 is 1.56 bits per heavy atom. The maximum absolute atomic E-state index is 13.2. The first-order valence-electron chi connectivity index (χ1n) is 13.7. The van der Waals surface area contributed by atoms with Crippen molar-refractivity contribution >= 4 is 10.9 Å². The fraction of sp³-hybridized carbons (Fsp3) is 0.312. The molecule has 1 N–H and O–H groups in total. The number of H-pyrrole nitrogens is 1. The van der Waals surface area contributed by atoms with Gasteiger partial charge >= 0.3 is 0 Å². The quantitative estimate of drug-likeness (QED) is 0.246. The van der Waals surface area contributed by atoms with Crippen molar-refractivity contribution in [1.29, 1.82) is 0 Å². The molecule has 3 aromatic carbocycles. The van der Waals surface area contributed by atoms with Crippen molar-refractivity contribution in [1.82, 2.24) is 30.1 Å². The molecule has 2 aromatic heterocycles. The fourth-order valence-corrected chi connectivity index (χ4v) is 5.21. The van der Waals surface area contributed by atoms with Crippen LogP contribution in [0.25, 0.3) is 10.9 Å². The Balaban J connectivity index is 1.45. The summed E-state index contributed by atoms with van der Waals surface area (Å²) < 4.78 is 1.92. The Morgan fingerprint density at radius 1 is 0.897 bits per heavy atom. The SMILES string of the molecule is CC[C@H](c1nnnn1CCc1ccccc1)N(CCc1ccccc1)Cc1cc2cc(C)c(C)cc2[nH]c1=O. The van der Waals surface area contributed by atoms with Gasteiger partial charge in [0.2, 0.25) is 0 Å². The zero-order valence-corrected chi connectivity index (χ0v) is 23.0. The number of fused-ring (bicyclic) bond motifs is 1. The van der Waals surface area contributed by atoms with Gasteiger partial charge in [0.05, 0.1) is 6.04 Å². The molecular formula is C32H36N6O. The molecule has 39 heavy (non-hydrogen) atoms. The van der Waals surface area contributed by atoms with Gasteiger partial charge in [0.25, 0.3) is 5.56 Å². The number of pyridine rings is 1. The van der Waals surface area contributed by atoms with Crippen molar-refractivity contribution in [3.8, 4) is 0 Å². The van der Waals surface area contributed by atoms with E-state index in [4.69, 9.17) is 0 Å². The first-order valence-corrected chi connectivity index (χ1v) is 13.7. The molecule has 0 bridgehead atoms. The molecule has 0 saturated carbocycles. The lowest BCUT2D eigenvalue weighted by Crippen LogP contribution is -2.34. The van der Waals surface area contributed by atoms with Gasteiger partial charge < -0.3 is 4.98 Å². The number of aromatic nitrogens is 5. The van der Waals surface area contributed by atoms with E-state index in [9.17, 15) is 4.79 Å². The molecule has 0 radical (unpaired) electrons. The summed E-state index contributed by atoms with van der Waals surface area (Å²) in [7, 11) is 0. The normalized spacial score (nSPS) is 12.3. The lowest BCUT2D eigenvalue weighted by molar-refractivity contribution is 0.171. The number of tetrazole rings is 1. The average Bonchev–Trinajstić information content (AvgIpc) is 3.41. The Morgan fingerprint density at radius 3 is 2.26 bits per heavy atom. The highest BCUT2D eigenvalue weighted by Crippen LogP contribution is 2.25. The summed E-state index contributed by atoms with van der Waals surface area (Å²) in [6, 6.07) is 27.1. The zero-order valence-electron chi connectivity index (χ0n) is 23.0. The zero-order chi connectivity index (χ0) is 27.2. The molecule has 200 valence electrons. The highest BCUT2D eigenvalue weighted by molar-refractivity contribution is 5.80. The van der Waals surface area contributed by atoms with Gasteiger partial charge in [-0.05, 0) is 89.4 Å². The van der Waals surface area contributed by atoms with E-state index >= 15 is 0 Å². The van der Waals surface area contributed by atoms with E-state index in [0.717, 1.165) is 48.1 Å². The molecule has 0 saturated heterocycles. The largest absolute Gasteiger partial charge is 0.322 e. The van der Waals surface area contributed by atoms with Gasteiger partial charge in [-0.25, -0.2) is 4.68 Å². The van der Waals surface area contributed by atoms with Gasteiger partial charge in [0, 0.05) is 30.7 Å². The lowest BCUT2D eigenvalue weighted by Gasteiger charge is -2.30. The number of aryl methyl sites for hydroxylation is 4. The smallest absolute Gasteiger partial charge is 0.252 e.